The number of aromatic nitrogens is 1. The lowest BCUT2D eigenvalue weighted by molar-refractivity contribution is 0.00578. The van der Waals surface area contributed by atoms with E-state index in [0.717, 1.165) is 11.0 Å². The van der Waals surface area contributed by atoms with Crippen LogP contribution >= 0.6 is 0 Å². The van der Waals surface area contributed by atoms with Gasteiger partial charge >= 0.3 is 7.12 Å². The first-order chi connectivity index (χ1) is 15.1. The quantitative estimate of drug-likeness (QED) is 0.455. The average molecular weight is 433 g/mol. The van der Waals surface area contributed by atoms with E-state index in [4.69, 9.17) is 9.31 Å². The minimum absolute atomic E-state index is 0.0896. The number of carbonyl (C=O) groups excluding carboxylic acids is 1. The molecule has 1 saturated heterocycles. The number of halogens is 1. The maximum Gasteiger partial charge on any atom is 0.494 e. The van der Waals surface area contributed by atoms with Gasteiger partial charge in [0.15, 0.2) is 5.78 Å². The molecule has 32 heavy (non-hydrogen) atoms. The van der Waals surface area contributed by atoms with Crippen LogP contribution in [0.25, 0.3) is 5.69 Å². The molecule has 1 aliphatic rings. The van der Waals surface area contributed by atoms with Crippen molar-refractivity contribution in [3.05, 3.63) is 94.2 Å². The first-order valence-corrected chi connectivity index (χ1v) is 10.5. The third-order valence-electron chi connectivity index (χ3n) is 6.22. The van der Waals surface area contributed by atoms with Crippen molar-refractivity contribution in [3.8, 4) is 5.69 Å². The highest BCUT2D eigenvalue weighted by Gasteiger charge is 2.51. The number of rotatable bonds is 5. The standard InChI is InChI=1S/C25H25BFNO4/c1-24(2)25(3,4)32-26(31-24)18-9-7-17(8-10-18)16-22(29)21-6-5-15-28(23(21)30)20-13-11-19(27)12-14-20/h5-15H,16H2,1-4H3. The van der Waals surface area contributed by atoms with Crippen molar-refractivity contribution >= 4 is 18.4 Å². The van der Waals surface area contributed by atoms with Crippen LogP contribution in [-0.2, 0) is 15.7 Å². The van der Waals surface area contributed by atoms with E-state index in [1.54, 1.807) is 12.3 Å². The minimum Gasteiger partial charge on any atom is -0.399 e. The van der Waals surface area contributed by atoms with Crippen LogP contribution in [0.15, 0.2) is 71.7 Å². The van der Waals surface area contributed by atoms with E-state index in [2.05, 4.69) is 0 Å². The Morgan fingerprint density at radius 1 is 0.938 bits per heavy atom. The number of benzene rings is 2. The van der Waals surface area contributed by atoms with Crippen molar-refractivity contribution in [2.24, 2.45) is 0 Å². The van der Waals surface area contributed by atoms with Gasteiger partial charge in [-0.2, -0.15) is 0 Å². The number of nitrogens with zero attached hydrogens (tertiary/aromatic N) is 1. The van der Waals surface area contributed by atoms with Gasteiger partial charge in [-0.25, -0.2) is 4.39 Å². The normalized spacial score (nSPS) is 16.8. The monoisotopic (exact) mass is 433 g/mol. The van der Waals surface area contributed by atoms with Gasteiger partial charge in [0.2, 0.25) is 0 Å². The van der Waals surface area contributed by atoms with Gasteiger partial charge in [0.05, 0.1) is 16.8 Å². The smallest absolute Gasteiger partial charge is 0.399 e. The molecule has 0 atom stereocenters. The molecule has 0 unspecified atom stereocenters. The van der Waals surface area contributed by atoms with Gasteiger partial charge in [-0.1, -0.05) is 24.3 Å². The molecule has 5 nitrogen and oxygen atoms in total. The molecule has 2 heterocycles. The number of hydrogen-bond donors (Lipinski definition) is 0. The first kappa shape index (κ1) is 22.2. The Bertz CT molecular complexity index is 1180. The molecule has 0 N–H and O–H groups in total. The number of hydrogen-bond acceptors (Lipinski definition) is 4. The van der Waals surface area contributed by atoms with Crippen LogP contribution in [0.1, 0.15) is 43.6 Å². The molecule has 0 spiro atoms. The molecule has 1 fully saturated rings. The summed E-state index contributed by atoms with van der Waals surface area (Å²) in [5, 5.41) is 0. The lowest BCUT2D eigenvalue weighted by Crippen LogP contribution is -2.41. The molecule has 4 rings (SSSR count). The molecule has 0 saturated carbocycles. The summed E-state index contributed by atoms with van der Waals surface area (Å²) in [7, 11) is -0.471. The van der Waals surface area contributed by atoms with Gasteiger partial charge in [-0.3, -0.25) is 14.2 Å². The summed E-state index contributed by atoms with van der Waals surface area (Å²) in [6.45, 7) is 7.99. The summed E-state index contributed by atoms with van der Waals surface area (Å²) < 4.78 is 26.7. The molecule has 7 heteroatoms. The van der Waals surface area contributed by atoms with Crippen molar-refractivity contribution in [1.82, 2.24) is 4.57 Å². The van der Waals surface area contributed by atoms with Gasteiger partial charge in [-0.05, 0) is 75.1 Å². The van der Waals surface area contributed by atoms with Crippen LogP contribution in [-0.4, -0.2) is 28.7 Å². The number of Topliss-reactive ketones (excluding diaryl/α,β-unsaturated/α-hetero) is 1. The summed E-state index contributed by atoms with van der Waals surface area (Å²) in [4.78, 5) is 25.7. The van der Waals surface area contributed by atoms with E-state index in [9.17, 15) is 14.0 Å². The molecule has 0 amide bonds. The van der Waals surface area contributed by atoms with Gasteiger partial charge in [0.25, 0.3) is 5.56 Å². The molecule has 0 aliphatic carbocycles. The summed E-state index contributed by atoms with van der Waals surface area (Å²) in [6.07, 6.45) is 1.65. The van der Waals surface area contributed by atoms with Crippen molar-refractivity contribution in [1.29, 1.82) is 0 Å². The second-order valence-corrected chi connectivity index (χ2v) is 9.00. The van der Waals surface area contributed by atoms with Crippen molar-refractivity contribution in [2.45, 2.75) is 45.3 Å². The van der Waals surface area contributed by atoms with Crippen LogP contribution in [0.3, 0.4) is 0 Å². The second kappa shape index (κ2) is 8.15. The Hall–Kier alpha value is -3.03. The lowest BCUT2D eigenvalue weighted by atomic mass is 9.78. The maximum absolute atomic E-state index is 13.2. The zero-order valence-corrected chi connectivity index (χ0v) is 18.6. The van der Waals surface area contributed by atoms with E-state index in [0.29, 0.717) is 5.69 Å². The Balaban J connectivity index is 1.51. The van der Waals surface area contributed by atoms with Gasteiger partial charge in [-0.15, -0.1) is 0 Å². The van der Waals surface area contributed by atoms with Gasteiger partial charge in [0, 0.05) is 18.3 Å². The predicted octanol–water partition coefficient (Wildman–Crippen LogP) is 3.70. The average Bonchev–Trinajstić information content (AvgIpc) is 2.96. The van der Waals surface area contributed by atoms with Crippen molar-refractivity contribution in [3.63, 3.8) is 0 Å². The third-order valence-corrected chi connectivity index (χ3v) is 6.22. The summed E-state index contributed by atoms with van der Waals surface area (Å²) in [5.74, 6) is -0.673. The van der Waals surface area contributed by atoms with Crippen LogP contribution in [0.5, 0.6) is 0 Å². The zero-order chi connectivity index (χ0) is 23.1. The second-order valence-electron chi connectivity index (χ2n) is 9.00. The molecule has 1 aliphatic heterocycles. The largest absolute Gasteiger partial charge is 0.494 e. The molecular formula is C25H25BFNO4. The lowest BCUT2D eigenvalue weighted by Gasteiger charge is -2.32. The molecule has 0 bridgehead atoms. The van der Waals surface area contributed by atoms with Crippen LogP contribution in [0, 0.1) is 5.82 Å². The fourth-order valence-electron chi connectivity index (χ4n) is 3.56. The highest BCUT2D eigenvalue weighted by molar-refractivity contribution is 6.62. The zero-order valence-electron chi connectivity index (χ0n) is 18.6. The van der Waals surface area contributed by atoms with E-state index in [1.165, 1.54) is 34.9 Å². The van der Waals surface area contributed by atoms with Crippen LogP contribution < -0.4 is 11.0 Å². The maximum atomic E-state index is 13.2. The molecule has 2 aromatic carbocycles. The van der Waals surface area contributed by atoms with Gasteiger partial charge < -0.3 is 9.31 Å². The molecule has 1 aromatic heterocycles. The fraction of sp³-hybridized carbons (Fsp3) is 0.280. The van der Waals surface area contributed by atoms with Crippen molar-refractivity contribution in [2.75, 3.05) is 0 Å². The van der Waals surface area contributed by atoms with Crippen LogP contribution in [0.4, 0.5) is 4.39 Å². The van der Waals surface area contributed by atoms with E-state index < -0.39 is 29.7 Å². The van der Waals surface area contributed by atoms with Crippen molar-refractivity contribution < 1.29 is 18.5 Å². The SMILES string of the molecule is CC1(C)OB(c2ccc(CC(=O)c3cccn(-c4ccc(F)cc4)c3=O)cc2)OC1(C)C. The fourth-order valence-corrected chi connectivity index (χ4v) is 3.56. The summed E-state index contributed by atoms with van der Waals surface area (Å²) >= 11 is 0. The Labute approximate surface area is 186 Å². The molecule has 164 valence electrons. The van der Waals surface area contributed by atoms with E-state index in [1.807, 2.05) is 52.0 Å². The van der Waals surface area contributed by atoms with Crippen LogP contribution in [0.2, 0.25) is 0 Å². The number of pyridine rings is 1. The predicted molar refractivity (Wildman–Crippen MR) is 122 cm³/mol. The summed E-state index contributed by atoms with van der Waals surface area (Å²) in [5.41, 5.74) is 0.960. The minimum atomic E-state index is -0.471. The molecule has 3 aromatic rings. The first-order valence-electron chi connectivity index (χ1n) is 10.5. The topological polar surface area (TPSA) is 57.5 Å². The Kier molecular flexibility index (Phi) is 5.65. The summed E-state index contributed by atoms with van der Waals surface area (Å²) in [6, 6.07) is 16.2. The third kappa shape index (κ3) is 4.18. The van der Waals surface area contributed by atoms with Gasteiger partial charge in [0.1, 0.15) is 5.82 Å². The number of ketones is 1. The highest BCUT2D eigenvalue weighted by atomic mass is 19.1. The Morgan fingerprint density at radius 3 is 2.12 bits per heavy atom. The van der Waals surface area contributed by atoms with E-state index >= 15 is 0 Å². The highest BCUT2D eigenvalue weighted by Crippen LogP contribution is 2.36. The molecular weight excluding hydrogens is 408 g/mol. The molecule has 0 radical (unpaired) electrons. The number of carbonyl (C=O) groups is 1. The Morgan fingerprint density at radius 2 is 1.53 bits per heavy atom. The van der Waals surface area contributed by atoms with E-state index in [-0.39, 0.29) is 17.8 Å².